The first-order chi connectivity index (χ1) is 8.90. The van der Waals surface area contributed by atoms with Crippen molar-refractivity contribution in [2.75, 3.05) is 11.9 Å². The SMILES string of the molecule is CC(C)Nc1cccc(C(=O)N2CCCC2(C)C)n1. The summed E-state index contributed by atoms with van der Waals surface area (Å²) in [6, 6.07) is 5.88. The number of nitrogens with zero attached hydrogens (tertiary/aromatic N) is 2. The van der Waals surface area contributed by atoms with Crippen LogP contribution >= 0.6 is 0 Å². The maximum absolute atomic E-state index is 12.5. The van der Waals surface area contributed by atoms with Crippen LogP contribution < -0.4 is 5.32 Å². The number of amides is 1. The third-order valence-corrected chi connectivity index (χ3v) is 3.55. The first-order valence-electron chi connectivity index (χ1n) is 6.96. The average molecular weight is 261 g/mol. The molecule has 1 fully saturated rings. The Balaban J connectivity index is 2.19. The number of pyridine rings is 1. The van der Waals surface area contributed by atoms with Crippen molar-refractivity contribution in [3.8, 4) is 0 Å². The van der Waals surface area contributed by atoms with E-state index >= 15 is 0 Å². The van der Waals surface area contributed by atoms with E-state index in [0.717, 1.165) is 25.2 Å². The Labute approximate surface area is 115 Å². The van der Waals surface area contributed by atoms with E-state index < -0.39 is 0 Å². The smallest absolute Gasteiger partial charge is 0.272 e. The largest absolute Gasteiger partial charge is 0.368 e. The first kappa shape index (κ1) is 13.8. The van der Waals surface area contributed by atoms with Crippen LogP contribution in [0.4, 0.5) is 5.82 Å². The van der Waals surface area contributed by atoms with E-state index in [0.29, 0.717) is 11.7 Å². The molecule has 0 saturated carbocycles. The van der Waals surface area contributed by atoms with Gasteiger partial charge in [-0.1, -0.05) is 6.07 Å². The van der Waals surface area contributed by atoms with E-state index in [1.807, 2.05) is 17.0 Å². The van der Waals surface area contributed by atoms with Gasteiger partial charge in [-0.2, -0.15) is 0 Å². The number of rotatable bonds is 3. The molecular formula is C15H23N3O. The topological polar surface area (TPSA) is 45.2 Å². The number of likely N-dealkylation sites (tertiary alicyclic amines) is 1. The maximum Gasteiger partial charge on any atom is 0.272 e. The van der Waals surface area contributed by atoms with Crippen molar-refractivity contribution in [1.29, 1.82) is 0 Å². The molecule has 0 aromatic carbocycles. The lowest BCUT2D eigenvalue weighted by atomic mass is 10.0. The number of nitrogens with one attached hydrogen (secondary N) is 1. The lowest BCUT2D eigenvalue weighted by Gasteiger charge is -2.31. The van der Waals surface area contributed by atoms with Gasteiger partial charge in [-0.05, 0) is 52.7 Å². The monoisotopic (exact) mass is 261 g/mol. The second-order valence-electron chi connectivity index (χ2n) is 6.08. The molecule has 1 aliphatic heterocycles. The van der Waals surface area contributed by atoms with Gasteiger partial charge in [-0.3, -0.25) is 4.79 Å². The molecule has 1 saturated heterocycles. The van der Waals surface area contributed by atoms with Crippen molar-refractivity contribution in [2.24, 2.45) is 0 Å². The van der Waals surface area contributed by atoms with Crippen LogP contribution in [-0.2, 0) is 0 Å². The molecule has 0 radical (unpaired) electrons. The van der Waals surface area contributed by atoms with Crippen LogP contribution in [-0.4, -0.2) is 33.9 Å². The number of carbonyl (C=O) groups excluding carboxylic acids is 1. The third-order valence-electron chi connectivity index (χ3n) is 3.55. The Kier molecular flexibility index (Phi) is 3.78. The second-order valence-corrected chi connectivity index (χ2v) is 6.08. The summed E-state index contributed by atoms with van der Waals surface area (Å²) in [7, 11) is 0. The van der Waals surface area contributed by atoms with Crippen LogP contribution in [0.3, 0.4) is 0 Å². The molecule has 4 nitrogen and oxygen atoms in total. The van der Waals surface area contributed by atoms with Gasteiger partial charge >= 0.3 is 0 Å². The van der Waals surface area contributed by atoms with E-state index in [1.165, 1.54) is 0 Å². The number of hydrogen-bond donors (Lipinski definition) is 1. The van der Waals surface area contributed by atoms with E-state index in [-0.39, 0.29) is 11.4 Å². The Morgan fingerprint density at radius 3 is 2.74 bits per heavy atom. The summed E-state index contributed by atoms with van der Waals surface area (Å²) < 4.78 is 0. The fraction of sp³-hybridized carbons (Fsp3) is 0.600. The van der Waals surface area contributed by atoms with Gasteiger partial charge in [0.15, 0.2) is 0 Å². The lowest BCUT2D eigenvalue weighted by Crippen LogP contribution is -2.43. The molecule has 0 spiro atoms. The average Bonchev–Trinajstić information content (AvgIpc) is 2.67. The predicted molar refractivity (Wildman–Crippen MR) is 77.3 cm³/mol. The van der Waals surface area contributed by atoms with E-state index in [9.17, 15) is 4.79 Å². The van der Waals surface area contributed by atoms with Crippen LogP contribution in [0.5, 0.6) is 0 Å². The van der Waals surface area contributed by atoms with Crippen LogP contribution in [0.1, 0.15) is 51.0 Å². The summed E-state index contributed by atoms with van der Waals surface area (Å²) in [6.07, 6.45) is 2.13. The molecule has 2 rings (SSSR count). The lowest BCUT2D eigenvalue weighted by molar-refractivity contribution is 0.0646. The Bertz CT molecular complexity index is 468. The van der Waals surface area contributed by atoms with Gasteiger partial charge in [0.25, 0.3) is 5.91 Å². The molecule has 0 aliphatic carbocycles. The predicted octanol–water partition coefficient (Wildman–Crippen LogP) is 2.92. The molecule has 4 heteroatoms. The molecule has 1 aromatic heterocycles. The van der Waals surface area contributed by atoms with Gasteiger partial charge in [-0.25, -0.2) is 4.98 Å². The number of carbonyl (C=O) groups is 1. The maximum atomic E-state index is 12.5. The van der Waals surface area contributed by atoms with Crippen LogP contribution in [0.15, 0.2) is 18.2 Å². The van der Waals surface area contributed by atoms with Crippen LogP contribution in [0.25, 0.3) is 0 Å². The van der Waals surface area contributed by atoms with Crippen molar-refractivity contribution in [3.05, 3.63) is 23.9 Å². The summed E-state index contributed by atoms with van der Waals surface area (Å²) in [6.45, 7) is 9.18. The highest BCUT2D eigenvalue weighted by Crippen LogP contribution is 2.29. The molecule has 1 aliphatic rings. The minimum atomic E-state index is -0.0553. The van der Waals surface area contributed by atoms with Crippen molar-refractivity contribution in [1.82, 2.24) is 9.88 Å². The van der Waals surface area contributed by atoms with E-state index in [2.05, 4.69) is 38.0 Å². The fourth-order valence-electron chi connectivity index (χ4n) is 2.55. The molecule has 2 heterocycles. The molecule has 1 N–H and O–H groups in total. The summed E-state index contributed by atoms with van der Waals surface area (Å²) >= 11 is 0. The highest BCUT2D eigenvalue weighted by molar-refractivity contribution is 5.93. The minimum absolute atomic E-state index is 0.0370. The zero-order valence-electron chi connectivity index (χ0n) is 12.2. The zero-order valence-corrected chi connectivity index (χ0v) is 12.2. The molecule has 19 heavy (non-hydrogen) atoms. The Morgan fingerprint density at radius 2 is 2.16 bits per heavy atom. The molecule has 0 unspecified atom stereocenters. The summed E-state index contributed by atoms with van der Waals surface area (Å²) in [5.74, 6) is 0.799. The van der Waals surface area contributed by atoms with Crippen molar-refractivity contribution < 1.29 is 4.79 Å². The van der Waals surface area contributed by atoms with Gasteiger partial charge in [0.2, 0.25) is 0 Å². The van der Waals surface area contributed by atoms with Gasteiger partial charge < -0.3 is 10.2 Å². The number of anilines is 1. The standard InChI is InChI=1S/C15H23N3O/c1-11(2)16-13-8-5-7-12(17-13)14(19)18-10-6-9-15(18,3)4/h5,7-8,11H,6,9-10H2,1-4H3,(H,16,17). The summed E-state index contributed by atoms with van der Waals surface area (Å²) in [4.78, 5) is 18.9. The molecule has 104 valence electrons. The van der Waals surface area contributed by atoms with Gasteiger partial charge in [0.05, 0.1) is 0 Å². The fourth-order valence-corrected chi connectivity index (χ4v) is 2.55. The quantitative estimate of drug-likeness (QED) is 0.910. The van der Waals surface area contributed by atoms with E-state index in [4.69, 9.17) is 0 Å². The molecule has 0 bridgehead atoms. The summed E-state index contributed by atoms with van der Waals surface area (Å²) in [5, 5.41) is 3.23. The zero-order chi connectivity index (χ0) is 14.0. The molecule has 1 amide bonds. The number of aromatic nitrogens is 1. The normalized spacial score (nSPS) is 17.8. The Morgan fingerprint density at radius 1 is 1.42 bits per heavy atom. The van der Waals surface area contributed by atoms with Gasteiger partial charge in [0, 0.05) is 18.1 Å². The summed E-state index contributed by atoms with van der Waals surface area (Å²) in [5.41, 5.74) is 0.473. The van der Waals surface area contributed by atoms with Gasteiger partial charge in [-0.15, -0.1) is 0 Å². The third kappa shape index (κ3) is 3.06. The molecule has 0 atom stereocenters. The van der Waals surface area contributed by atoms with Crippen molar-refractivity contribution in [3.63, 3.8) is 0 Å². The second kappa shape index (κ2) is 5.19. The Hall–Kier alpha value is -1.58. The van der Waals surface area contributed by atoms with Crippen molar-refractivity contribution in [2.45, 2.75) is 52.1 Å². The number of hydrogen-bond acceptors (Lipinski definition) is 3. The first-order valence-corrected chi connectivity index (χ1v) is 6.96. The van der Waals surface area contributed by atoms with Crippen LogP contribution in [0, 0.1) is 0 Å². The molecular weight excluding hydrogens is 238 g/mol. The highest BCUT2D eigenvalue weighted by atomic mass is 16.2. The highest BCUT2D eigenvalue weighted by Gasteiger charge is 2.36. The minimum Gasteiger partial charge on any atom is -0.368 e. The van der Waals surface area contributed by atoms with Crippen LogP contribution in [0.2, 0.25) is 0 Å². The molecule has 1 aromatic rings. The van der Waals surface area contributed by atoms with E-state index in [1.54, 1.807) is 6.07 Å². The van der Waals surface area contributed by atoms with Crippen molar-refractivity contribution >= 4 is 11.7 Å². The van der Waals surface area contributed by atoms with Gasteiger partial charge in [0.1, 0.15) is 11.5 Å².